The van der Waals surface area contributed by atoms with Crippen LogP contribution in [0.3, 0.4) is 0 Å². The van der Waals surface area contributed by atoms with E-state index in [2.05, 4.69) is 29.5 Å². The number of nitrogens with zero attached hydrogens (tertiary/aromatic N) is 2. The smallest absolute Gasteiger partial charge is 0.120 e. The van der Waals surface area contributed by atoms with E-state index in [-0.39, 0.29) is 23.0 Å². The van der Waals surface area contributed by atoms with Gasteiger partial charge >= 0.3 is 0 Å². The third-order valence-electron chi connectivity index (χ3n) is 6.13. The third kappa shape index (κ3) is 11.5. The molecule has 0 saturated heterocycles. The van der Waals surface area contributed by atoms with Gasteiger partial charge in [0.1, 0.15) is 23.0 Å². The van der Waals surface area contributed by atoms with Crippen LogP contribution in [0.4, 0.5) is 0 Å². The molecule has 6 heteroatoms. The molecule has 0 aliphatic carbocycles. The van der Waals surface area contributed by atoms with Crippen LogP contribution in [-0.4, -0.2) is 62.9 Å². The molecule has 0 atom stereocenters. The SMILES string of the molecule is C=C/C=C(CN(CCN(CC(=C/C)/C(O)=C\C=C)Cc1ccccc1O)CC(=C/C)/C(O)=C\C=C)\C(O)=C/C. The van der Waals surface area contributed by atoms with Crippen molar-refractivity contribution in [2.24, 2.45) is 0 Å². The lowest BCUT2D eigenvalue weighted by atomic mass is 10.1. The molecule has 0 aliphatic rings. The normalized spacial score (nSPS) is 14.2. The van der Waals surface area contributed by atoms with Gasteiger partial charge in [0.2, 0.25) is 0 Å². The van der Waals surface area contributed by atoms with E-state index in [4.69, 9.17) is 0 Å². The Morgan fingerprint density at radius 3 is 1.64 bits per heavy atom. The first-order valence-corrected chi connectivity index (χ1v) is 13.0. The van der Waals surface area contributed by atoms with Crippen molar-refractivity contribution in [3.8, 4) is 5.75 Å². The van der Waals surface area contributed by atoms with Crippen LogP contribution in [-0.2, 0) is 6.54 Å². The fourth-order valence-electron chi connectivity index (χ4n) is 3.94. The van der Waals surface area contributed by atoms with Crippen LogP contribution in [0, 0.1) is 0 Å². The summed E-state index contributed by atoms with van der Waals surface area (Å²) in [5.41, 5.74) is 2.92. The van der Waals surface area contributed by atoms with Crippen LogP contribution >= 0.6 is 0 Å². The number of aliphatic hydroxyl groups excluding tert-OH is 3. The first kappa shape index (κ1) is 33.0. The summed E-state index contributed by atoms with van der Waals surface area (Å²) < 4.78 is 0. The molecule has 1 aromatic carbocycles. The molecule has 0 radical (unpaired) electrons. The van der Waals surface area contributed by atoms with E-state index in [1.807, 2.05) is 38.1 Å². The summed E-state index contributed by atoms with van der Waals surface area (Å²) in [5.74, 6) is 0.631. The highest BCUT2D eigenvalue weighted by atomic mass is 16.3. The molecule has 0 amide bonds. The highest BCUT2D eigenvalue weighted by Gasteiger charge is 2.18. The Morgan fingerprint density at radius 1 is 0.667 bits per heavy atom. The molecule has 0 saturated carbocycles. The molecule has 4 N–H and O–H groups in total. The van der Waals surface area contributed by atoms with Gasteiger partial charge in [0, 0.05) is 61.6 Å². The Balaban J connectivity index is 3.37. The van der Waals surface area contributed by atoms with E-state index < -0.39 is 0 Å². The maximum absolute atomic E-state index is 10.5. The minimum Gasteiger partial charge on any atom is -0.508 e. The van der Waals surface area contributed by atoms with Crippen LogP contribution < -0.4 is 0 Å². The zero-order valence-electron chi connectivity index (χ0n) is 23.6. The number of rotatable bonds is 17. The fourth-order valence-corrected chi connectivity index (χ4v) is 3.94. The lowest BCUT2D eigenvalue weighted by molar-refractivity contribution is 0.218. The fraction of sp³-hybridized carbons (Fsp3) is 0.273. The second-order valence-electron chi connectivity index (χ2n) is 8.85. The topological polar surface area (TPSA) is 87.4 Å². The van der Waals surface area contributed by atoms with Gasteiger partial charge in [0.15, 0.2) is 0 Å². The Labute approximate surface area is 234 Å². The monoisotopic (exact) mass is 532 g/mol. The number of hydrogen-bond acceptors (Lipinski definition) is 6. The van der Waals surface area contributed by atoms with Gasteiger partial charge in [-0.15, -0.1) is 0 Å². The molecule has 1 aromatic rings. The predicted molar refractivity (Wildman–Crippen MR) is 164 cm³/mol. The second kappa shape index (κ2) is 18.3. The first-order chi connectivity index (χ1) is 18.7. The first-order valence-electron chi connectivity index (χ1n) is 13.0. The van der Waals surface area contributed by atoms with Crippen molar-refractivity contribution < 1.29 is 20.4 Å². The van der Waals surface area contributed by atoms with Crippen molar-refractivity contribution >= 4 is 0 Å². The lowest BCUT2D eigenvalue weighted by Gasteiger charge is -2.30. The van der Waals surface area contributed by atoms with Crippen molar-refractivity contribution in [1.82, 2.24) is 9.80 Å². The van der Waals surface area contributed by atoms with Crippen LogP contribution in [0.1, 0.15) is 26.3 Å². The van der Waals surface area contributed by atoms with Gasteiger partial charge in [0.05, 0.1) is 0 Å². The minimum atomic E-state index is 0.128. The maximum Gasteiger partial charge on any atom is 0.120 e. The van der Waals surface area contributed by atoms with Gasteiger partial charge in [-0.25, -0.2) is 0 Å². The third-order valence-corrected chi connectivity index (χ3v) is 6.13. The molecule has 0 fully saturated rings. The number of phenolic OH excluding ortho intramolecular Hbond substituents is 1. The number of benzene rings is 1. The summed E-state index contributed by atoms with van der Waals surface area (Å²) in [6.07, 6.45) is 14.9. The molecule has 0 spiro atoms. The minimum absolute atomic E-state index is 0.128. The Bertz CT molecular complexity index is 1150. The van der Waals surface area contributed by atoms with Crippen molar-refractivity contribution in [2.75, 3.05) is 32.7 Å². The Morgan fingerprint density at radius 2 is 1.15 bits per heavy atom. The van der Waals surface area contributed by atoms with Gasteiger partial charge in [-0.2, -0.15) is 0 Å². The average molecular weight is 533 g/mol. The van der Waals surface area contributed by atoms with Gasteiger partial charge in [-0.05, 0) is 45.1 Å². The zero-order chi connectivity index (χ0) is 29.2. The number of para-hydroxylation sites is 1. The average Bonchev–Trinajstić information content (AvgIpc) is 2.93. The quantitative estimate of drug-likeness (QED) is 0.125. The molecule has 0 aliphatic heterocycles. The van der Waals surface area contributed by atoms with E-state index in [9.17, 15) is 20.4 Å². The molecule has 0 heterocycles. The van der Waals surface area contributed by atoms with Crippen molar-refractivity contribution in [3.63, 3.8) is 0 Å². The summed E-state index contributed by atoms with van der Waals surface area (Å²) in [6, 6.07) is 7.19. The molecular formula is C33H44N2O4. The molecule has 6 nitrogen and oxygen atoms in total. The van der Waals surface area contributed by atoms with Crippen LogP contribution in [0.5, 0.6) is 5.75 Å². The summed E-state index contributed by atoms with van der Waals surface area (Å²) in [5, 5.41) is 42.0. The highest BCUT2D eigenvalue weighted by Crippen LogP contribution is 2.20. The molecule has 210 valence electrons. The van der Waals surface area contributed by atoms with Crippen LogP contribution in [0.15, 0.2) is 133 Å². The number of aliphatic hydroxyl groups is 3. The summed E-state index contributed by atoms with van der Waals surface area (Å²) in [7, 11) is 0. The summed E-state index contributed by atoms with van der Waals surface area (Å²) in [4.78, 5) is 4.25. The van der Waals surface area contributed by atoms with Gasteiger partial charge in [-0.3, -0.25) is 9.80 Å². The number of phenols is 1. The Hall–Kier alpha value is -4.00. The molecule has 0 aromatic heterocycles. The lowest BCUT2D eigenvalue weighted by Crippen LogP contribution is -2.38. The molecule has 1 rings (SSSR count). The molecule has 39 heavy (non-hydrogen) atoms. The van der Waals surface area contributed by atoms with E-state index in [0.29, 0.717) is 44.8 Å². The second-order valence-corrected chi connectivity index (χ2v) is 8.85. The molecular weight excluding hydrogens is 488 g/mol. The van der Waals surface area contributed by atoms with Crippen LogP contribution in [0.2, 0.25) is 0 Å². The summed E-state index contributed by atoms with van der Waals surface area (Å²) in [6.45, 7) is 19.4. The molecule has 0 unspecified atom stereocenters. The van der Waals surface area contributed by atoms with Gasteiger partial charge < -0.3 is 20.4 Å². The van der Waals surface area contributed by atoms with E-state index in [0.717, 1.165) is 16.7 Å². The predicted octanol–water partition coefficient (Wildman–Crippen LogP) is 7.22. The zero-order valence-corrected chi connectivity index (χ0v) is 23.6. The standard InChI is InChI=1S/C33H44N2O4/c1-7-15-28(30(36)12-6)24-34(22-26(10-4)31(37)16-8-2)20-21-35(23-27(11-5)32(38)17-9-3)25-29-18-13-14-19-33(29)39/h7-19,36-39H,1-3,20-25H2,4-6H3/b26-10-,27-11-,28-15-,30-12+,31-16+,32-17+. The number of hydrogen-bond donors (Lipinski definition) is 4. The van der Waals surface area contributed by atoms with E-state index >= 15 is 0 Å². The van der Waals surface area contributed by atoms with Crippen molar-refractivity contribution in [3.05, 3.63) is 138 Å². The number of allylic oxidation sites excluding steroid dienone is 9. The van der Waals surface area contributed by atoms with Crippen LogP contribution in [0.25, 0.3) is 0 Å². The van der Waals surface area contributed by atoms with E-state index in [1.165, 1.54) is 12.2 Å². The van der Waals surface area contributed by atoms with E-state index in [1.54, 1.807) is 49.4 Å². The van der Waals surface area contributed by atoms with Gasteiger partial charge in [0.25, 0.3) is 0 Å². The largest absolute Gasteiger partial charge is 0.508 e. The Kier molecular flexibility index (Phi) is 15.5. The number of aromatic hydroxyl groups is 1. The van der Waals surface area contributed by atoms with Crippen molar-refractivity contribution in [2.45, 2.75) is 27.3 Å². The van der Waals surface area contributed by atoms with Crippen molar-refractivity contribution in [1.29, 1.82) is 0 Å². The summed E-state index contributed by atoms with van der Waals surface area (Å²) >= 11 is 0. The highest BCUT2D eigenvalue weighted by molar-refractivity contribution is 5.34. The molecule has 0 bridgehead atoms. The van der Waals surface area contributed by atoms with Gasteiger partial charge in [-0.1, -0.05) is 74.4 Å². The maximum atomic E-state index is 10.5.